The van der Waals surface area contributed by atoms with Crippen LogP contribution in [0.15, 0.2) is 41.6 Å². The highest BCUT2D eigenvalue weighted by Crippen LogP contribution is 2.39. The molecule has 3 aliphatic heterocycles. The molecular formula is C26H29F2N7O4S. The molecule has 0 saturated carbocycles. The second kappa shape index (κ2) is 12.0. The van der Waals surface area contributed by atoms with E-state index < -0.39 is 12.5 Å². The van der Waals surface area contributed by atoms with Crippen molar-refractivity contribution < 1.29 is 27.8 Å². The number of hydrogen-bond acceptors (Lipinski definition) is 9. The average Bonchev–Trinajstić information content (AvgIpc) is 3.67. The van der Waals surface area contributed by atoms with Crippen LogP contribution in [0.3, 0.4) is 0 Å². The Kier molecular flexibility index (Phi) is 8.00. The number of carbonyl (C=O) groups excluding carboxylic acids is 1. The predicted octanol–water partition coefficient (Wildman–Crippen LogP) is 3.37. The summed E-state index contributed by atoms with van der Waals surface area (Å²) in [7, 11) is 0. The molecule has 2 saturated heterocycles. The summed E-state index contributed by atoms with van der Waals surface area (Å²) < 4.78 is 45.6. The summed E-state index contributed by atoms with van der Waals surface area (Å²) in [4.78, 5) is 14.3. The molecule has 11 nitrogen and oxygen atoms in total. The van der Waals surface area contributed by atoms with Crippen molar-refractivity contribution in [2.45, 2.75) is 35.8 Å². The molecule has 3 N–H and O–H groups in total. The minimum absolute atomic E-state index is 0.0269. The number of rotatable bonds is 11. The van der Waals surface area contributed by atoms with Gasteiger partial charge in [-0.05, 0) is 30.7 Å². The minimum atomic E-state index is -3.02. The molecule has 2 fully saturated rings. The Bertz CT molecular complexity index is 1390. The van der Waals surface area contributed by atoms with Crippen LogP contribution in [-0.4, -0.2) is 82.9 Å². The van der Waals surface area contributed by atoms with Gasteiger partial charge in [-0.2, -0.15) is 19.0 Å². The molecule has 40 heavy (non-hydrogen) atoms. The first-order chi connectivity index (χ1) is 19.5. The van der Waals surface area contributed by atoms with Crippen LogP contribution in [0, 0.1) is 0 Å². The van der Waals surface area contributed by atoms with Gasteiger partial charge in [0.25, 0.3) is 5.91 Å². The second-order valence-electron chi connectivity index (χ2n) is 9.55. The van der Waals surface area contributed by atoms with Crippen molar-refractivity contribution in [3.8, 4) is 17.0 Å². The summed E-state index contributed by atoms with van der Waals surface area (Å²) in [5.41, 5.74) is 1.40. The van der Waals surface area contributed by atoms with E-state index in [9.17, 15) is 13.6 Å². The van der Waals surface area contributed by atoms with Crippen molar-refractivity contribution in [2.24, 2.45) is 0 Å². The molecule has 5 heterocycles. The molecule has 14 heteroatoms. The summed E-state index contributed by atoms with van der Waals surface area (Å²) in [5.74, 6) is 0.139. The third-order valence-corrected chi connectivity index (χ3v) is 7.85. The summed E-state index contributed by atoms with van der Waals surface area (Å²) in [5, 5.41) is 18.7. The van der Waals surface area contributed by atoms with Crippen LogP contribution in [0.25, 0.3) is 17.5 Å². The number of carbonyl (C=O) groups is 1. The van der Waals surface area contributed by atoms with Crippen LogP contribution in [0.5, 0.6) is 5.75 Å². The molecule has 3 aromatic rings. The molecule has 0 radical (unpaired) electrons. The summed E-state index contributed by atoms with van der Waals surface area (Å²) in [6.45, 7) is 1.31. The van der Waals surface area contributed by atoms with Crippen LogP contribution >= 0.6 is 11.8 Å². The normalized spacial score (nSPS) is 18.4. The number of anilines is 2. The molecular weight excluding hydrogens is 544 g/mol. The van der Waals surface area contributed by atoms with Gasteiger partial charge >= 0.3 is 6.61 Å². The fraction of sp³-hybridized carbons (Fsp3) is 0.423. The number of fused-ring (bicyclic) bond motifs is 1. The zero-order valence-corrected chi connectivity index (χ0v) is 22.3. The number of amides is 1. The van der Waals surface area contributed by atoms with Gasteiger partial charge in [0.2, 0.25) is 0 Å². The molecule has 212 valence electrons. The molecule has 0 spiro atoms. The van der Waals surface area contributed by atoms with E-state index in [1.807, 2.05) is 6.08 Å². The SMILES string of the molecule is O=C(Nc1cn(CCN[C@@H]2CCOC2)nc1-c1cc(SC2COC2)ccc1OC(F)F)c1cnn2c1NCC=C2. The number of ether oxygens (including phenoxy) is 3. The highest BCUT2D eigenvalue weighted by molar-refractivity contribution is 8.00. The molecule has 3 aliphatic rings. The third kappa shape index (κ3) is 5.99. The lowest BCUT2D eigenvalue weighted by atomic mass is 10.1. The first kappa shape index (κ1) is 26.7. The molecule has 6 rings (SSSR count). The monoisotopic (exact) mass is 573 g/mol. The highest BCUT2D eigenvalue weighted by atomic mass is 32.2. The van der Waals surface area contributed by atoms with Crippen molar-refractivity contribution in [1.82, 2.24) is 24.9 Å². The quantitative estimate of drug-likeness (QED) is 0.318. The van der Waals surface area contributed by atoms with Gasteiger partial charge in [0.15, 0.2) is 0 Å². The fourth-order valence-corrected chi connectivity index (χ4v) is 5.71. The van der Waals surface area contributed by atoms with E-state index in [0.717, 1.165) is 17.9 Å². The van der Waals surface area contributed by atoms with Crippen molar-refractivity contribution in [2.75, 3.05) is 50.2 Å². The number of alkyl halides is 2. The lowest BCUT2D eigenvalue weighted by Crippen LogP contribution is -2.32. The van der Waals surface area contributed by atoms with Gasteiger partial charge in [-0.15, -0.1) is 11.8 Å². The van der Waals surface area contributed by atoms with E-state index in [0.29, 0.717) is 67.8 Å². The Hall–Kier alpha value is -3.46. The lowest BCUT2D eigenvalue weighted by Gasteiger charge is -2.25. The highest BCUT2D eigenvalue weighted by Gasteiger charge is 2.25. The molecule has 0 bridgehead atoms. The Morgan fingerprint density at radius 1 is 1.27 bits per heavy atom. The molecule has 0 unspecified atom stereocenters. The van der Waals surface area contributed by atoms with E-state index >= 15 is 0 Å². The number of hydrogen-bond donors (Lipinski definition) is 3. The number of halogens is 2. The van der Waals surface area contributed by atoms with Crippen LogP contribution in [0.4, 0.5) is 20.3 Å². The number of nitrogens with zero attached hydrogens (tertiary/aromatic N) is 4. The van der Waals surface area contributed by atoms with Crippen LogP contribution in [-0.2, 0) is 16.0 Å². The van der Waals surface area contributed by atoms with Gasteiger partial charge in [0.05, 0.1) is 43.5 Å². The molecule has 1 aromatic carbocycles. The van der Waals surface area contributed by atoms with Crippen LogP contribution in [0.1, 0.15) is 16.8 Å². The van der Waals surface area contributed by atoms with Crippen molar-refractivity contribution in [1.29, 1.82) is 0 Å². The molecule has 2 aromatic heterocycles. The Labute approximate surface area is 233 Å². The zero-order valence-electron chi connectivity index (χ0n) is 21.5. The molecule has 0 aliphatic carbocycles. The van der Waals surface area contributed by atoms with Gasteiger partial charge in [0, 0.05) is 48.6 Å². The van der Waals surface area contributed by atoms with E-state index in [1.165, 1.54) is 12.3 Å². The molecule has 1 atom stereocenters. The first-order valence-electron chi connectivity index (χ1n) is 13.0. The Morgan fingerprint density at radius 2 is 2.17 bits per heavy atom. The fourth-order valence-electron chi connectivity index (χ4n) is 4.66. The van der Waals surface area contributed by atoms with E-state index in [1.54, 1.807) is 45.7 Å². The van der Waals surface area contributed by atoms with E-state index in [4.69, 9.17) is 19.3 Å². The maximum Gasteiger partial charge on any atom is 0.387 e. The minimum Gasteiger partial charge on any atom is -0.434 e. The summed E-state index contributed by atoms with van der Waals surface area (Å²) in [6, 6.07) is 5.30. The van der Waals surface area contributed by atoms with Crippen LogP contribution < -0.4 is 20.7 Å². The average molecular weight is 574 g/mol. The topological polar surface area (TPSA) is 116 Å². The van der Waals surface area contributed by atoms with Crippen molar-refractivity contribution in [3.63, 3.8) is 0 Å². The number of benzene rings is 1. The second-order valence-corrected chi connectivity index (χ2v) is 10.9. The largest absolute Gasteiger partial charge is 0.434 e. The Balaban J connectivity index is 1.31. The molecule has 1 amide bonds. The van der Waals surface area contributed by atoms with Crippen molar-refractivity contribution in [3.05, 3.63) is 42.2 Å². The third-order valence-electron chi connectivity index (χ3n) is 6.72. The Morgan fingerprint density at radius 3 is 2.95 bits per heavy atom. The number of aromatic nitrogens is 4. The van der Waals surface area contributed by atoms with E-state index in [2.05, 4.69) is 21.0 Å². The zero-order chi connectivity index (χ0) is 27.5. The number of thioether (sulfide) groups is 1. The maximum atomic E-state index is 13.4. The standard InChI is InChI=1S/C26H29F2N7O4S/c27-26(28)39-22-3-2-17(40-18-14-38-15-18)10-19(22)23-21(12-34(33-23)8-6-29-16-4-9-37-13-16)32-25(36)20-11-31-35-7-1-5-30-24(20)35/h1-3,7,10-12,16,18,26,29-30H,4-6,8-9,13-15H2,(H,32,36)/t16-/m1/s1. The first-order valence-corrected chi connectivity index (χ1v) is 13.9. The maximum absolute atomic E-state index is 13.4. The van der Waals surface area contributed by atoms with Gasteiger partial charge < -0.3 is 30.2 Å². The van der Waals surface area contributed by atoms with Crippen LogP contribution in [0.2, 0.25) is 0 Å². The van der Waals surface area contributed by atoms with Gasteiger partial charge in [-0.25, -0.2) is 4.68 Å². The predicted molar refractivity (Wildman–Crippen MR) is 146 cm³/mol. The summed E-state index contributed by atoms with van der Waals surface area (Å²) >= 11 is 1.60. The van der Waals surface area contributed by atoms with Gasteiger partial charge in [-0.3, -0.25) is 9.48 Å². The lowest BCUT2D eigenvalue weighted by molar-refractivity contribution is -0.0494. The van der Waals surface area contributed by atoms with Gasteiger partial charge in [-0.1, -0.05) is 0 Å². The van der Waals surface area contributed by atoms with Gasteiger partial charge in [0.1, 0.15) is 22.8 Å². The van der Waals surface area contributed by atoms with E-state index in [-0.39, 0.29) is 17.0 Å². The number of nitrogens with one attached hydrogen (secondary N) is 3. The van der Waals surface area contributed by atoms with Crippen molar-refractivity contribution >= 4 is 35.4 Å². The summed E-state index contributed by atoms with van der Waals surface area (Å²) in [6.07, 6.45) is 7.79. The smallest absolute Gasteiger partial charge is 0.387 e.